The molecule has 0 bridgehead atoms. The van der Waals surface area contributed by atoms with Crippen LogP contribution in [0.25, 0.3) is 0 Å². The maximum atomic E-state index is 12.8. The third kappa shape index (κ3) is 4.05. The van der Waals surface area contributed by atoms with Gasteiger partial charge in [0.2, 0.25) is 0 Å². The molecule has 1 heterocycles. The molecule has 1 aliphatic rings. The fourth-order valence-corrected chi connectivity index (χ4v) is 3.06. The normalized spacial score (nSPS) is 17.0. The minimum atomic E-state index is -0.0117. The maximum absolute atomic E-state index is 12.8. The second kappa shape index (κ2) is 7.92. The van der Waals surface area contributed by atoms with Gasteiger partial charge in [0.1, 0.15) is 11.9 Å². The molecule has 2 aromatic rings. The Morgan fingerprint density at radius 2 is 1.80 bits per heavy atom. The Hall–Kier alpha value is -2.69. The zero-order valence-corrected chi connectivity index (χ0v) is 14.6. The summed E-state index contributed by atoms with van der Waals surface area (Å²) < 4.78 is 16.5. The predicted octanol–water partition coefficient (Wildman–Crippen LogP) is 3.39. The number of hydrogen-bond acceptors (Lipinski definition) is 4. The van der Waals surface area contributed by atoms with E-state index in [0.717, 1.165) is 25.1 Å². The molecule has 5 heteroatoms. The highest BCUT2D eigenvalue weighted by molar-refractivity contribution is 5.95. The summed E-state index contributed by atoms with van der Waals surface area (Å²) in [7, 11) is 3.15. The van der Waals surface area contributed by atoms with Crippen LogP contribution in [0.15, 0.2) is 48.5 Å². The second-order valence-corrected chi connectivity index (χ2v) is 6.02. The lowest BCUT2D eigenvalue weighted by molar-refractivity contribution is 0.0537. The molecule has 0 N–H and O–H groups in total. The molecule has 0 saturated carbocycles. The summed E-state index contributed by atoms with van der Waals surface area (Å²) in [5, 5.41) is 0. The van der Waals surface area contributed by atoms with Gasteiger partial charge in [-0.1, -0.05) is 18.2 Å². The van der Waals surface area contributed by atoms with Crippen LogP contribution >= 0.6 is 0 Å². The first kappa shape index (κ1) is 17.1. The zero-order chi connectivity index (χ0) is 17.6. The molecule has 1 unspecified atom stereocenters. The molecule has 2 aromatic carbocycles. The van der Waals surface area contributed by atoms with E-state index in [1.165, 1.54) is 0 Å². The minimum Gasteiger partial charge on any atom is -0.493 e. The number of ether oxygens (including phenoxy) is 3. The van der Waals surface area contributed by atoms with Crippen molar-refractivity contribution in [1.82, 2.24) is 4.90 Å². The molecule has 0 spiro atoms. The van der Waals surface area contributed by atoms with Gasteiger partial charge < -0.3 is 19.1 Å². The van der Waals surface area contributed by atoms with Crippen molar-refractivity contribution in [2.75, 3.05) is 27.3 Å². The summed E-state index contributed by atoms with van der Waals surface area (Å²) in [6.45, 7) is 1.32. The standard InChI is InChI=1S/C20H23NO4/c1-23-18-11-10-15(13-19(18)24-2)20(22)21-12-6-9-17(14-21)25-16-7-4-3-5-8-16/h3-5,7-8,10-11,13,17H,6,9,12,14H2,1-2H3. The van der Waals surface area contributed by atoms with Crippen LogP contribution in [0.5, 0.6) is 17.2 Å². The highest BCUT2D eigenvalue weighted by Crippen LogP contribution is 2.28. The number of carbonyl (C=O) groups excluding carboxylic acids is 1. The number of piperidine rings is 1. The van der Waals surface area contributed by atoms with E-state index in [2.05, 4.69) is 0 Å². The first-order valence-electron chi connectivity index (χ1n) is 8.44. The van der Waals surface area contributed by atoms with Crippen molar-refractivity contribution in [3.05, 3.63) is 54.1 Å². The predicted molar refractivity (Wildman–Crippen MR) is 95.5 cm³/mol. The van der Waals surface area contributed by atoms with Crippen LogP contribution < -0.4 is 14.2 Å². The van der Waals surface area contributed by atoms with Crippen LogP contribution in [0.1, 0.15) is 23.2 Å². The van der Waals surface area contributed by atoms with Gasteiger partial charge in [-0.2, -0.15) is 0 Å². The van der Waals surface area contributed by atoms with Crippen LogP contribution in [0.2, 0.25) is 0 Å². The quantitative estimate of drug-likeness (QED) is 0.836. The molecular weight excluding hydrogens is 318 g/mol. The lowest BCUT2D eigenvalue weighted by Gasteiger charge is -2.33. The van der Waals surface area contributed by atoms with Gasteiger partial charge in [0.15, 0.2) is 11.5 Å². The van der Waals surface area contributed by atoms with Crippen molar-refractivity contribution in [2.24, 2.45) is 0 Å². The number of carbonyl (C=O) groups is 1. The molecule has 1 atom stereocenters. The van der Waals surface area contributed by atoms with Gasteiger partial charge in [-0.25, -0.2) is 0 Å². The smallest absolute Gasteiger partial charge is 0.254 e. The number of nitrogens with zero attached hydrogens (tertiary/aromatic N) is 1. The van der Waals surface area contributed by atoms with Gasteiger partial charge >= 0.3 is 0 Å². The van der Waals surface area contributed by atoms with Crippen LogP contribution in [-0.2, 0) is 0 Å². The number of amides is 1. The molecule has 1 aliphatic heterocycles. The Bertz CT molecular complexity index is 717. The Morgan fingerprint density at radius 1 is 1.04 bits per heavy atom. The molecule has 5 nitrogen and oxygen atoms in total. The van der Waals surface area contributed by atoms with E-state index in [1.807, 2.05) is 35.2 Å². The van der Waals surface area contributed by atoms with Crippen molar-refractivity contribution in [1.29, 1.82) is 0 Å². The van der Waals surface area contributed by atoms with E-state index in [9.17, 15) is 4.79 Å². The highest BCUT2D eigenvalue weighted by atomic mass is 16.5. The van der Waals surface area contributed by atoms with E-state index < -0.39 is 0 Å². The largest absolute Gasteiger partial charge is 0.493 e. The molecule has 1 saturated heterocycles. The van der Waals surface area contributed by atoms with Crippen molar-refractivity contribution < 1.29 is 19.0 Å². The van der Waals surface area contributed by atoms with Crippen LogP contribution in [-0.4, -0.2) is 44.2 Å². The number of rotatable bonds is 5. The molecular formula is C20H23NO4. The Morgan fingerprint density at radius 3 is 2.52 bits per heavy atom. The SMILES string of the molecule is COc1ccc(C(=O)N2CCCC(Oc3ccccc3)C2)cc1OC. The molecule has 0 aromatic heterocycles. The van der Waals surface area contributed by atoms with Gasteiger partial charge in [0.05, 0.1) is 20.8 Å². The average molecular weight is 341 g/mol. The number of benzene rings is 2. The number of hydrogen-bond donors (Lipinski definition) is 0. The number of likely N-dealkylation sites (tertiary alicyclic amines) is 1. The van der Waals surface area contributed by atoms with Gasteiger partial charge in [-0.3, -0.25) is 4.79 Å². The third-order valence-electron chi connectivity index (χ3n) is 4.34. The van der Waals surface area contributed by atoms with E-state index in [-0.39, 0.29) is 12.0 Å². The molecule has 25 heavy (non-hydrogen) atoms. The Labute approximate surface area is 148 Å². The summed E-state index contributed by atoms with van der Waals surface area (Å²) >= 11 is 0. The van der Waals surface area contributed by atoms with Gasteiger partial charge in [0, 0.05) is 12.1 Å². The highest BCUT2D eigenvalue weighted by Gasteiger charge is 2.26. The Balaban J connectivity index is 1.69. The van der Waals surface area contributed by atoms with Gasteiger partial charge in [-0.15, -0.1) is 0 Å². The fourth-order valence-electron chi connectivity index (χ4n) is 3.06. The summed E-state index contributed by atoms with van der Waals surface area (Å²) in [5.74, 6) is 2.00. The van der Waals surface area contributed by atoms with Crippen molar-refractivity contribution in [3.8, 4) is 17.2 Å². The topological polar surface area (TPSA) is 48.0 Å². The Kier molecular flexibility index (Phi) is 5.43. The molecule has 1 fully saturated rings. The van der Waals surface area contributed by atoms with Crippen LogP contribution in [0.4, 0.5) is 0 Å². The molecule has 132 valence electrons. The van der Waals surface area contributed by atoms with Crippen molar-refractivity contribution >= 4 is 5.91 Å². The first-order chi connectivity index (χ1) is 12.2. The van der Waals surface area contributed by atoms with E-state index >= 15 is 0 Å². The lowest BCUT2D eigenvalue weighted by atomic mass is 10.1. The van der Waals surface area contributed by atoms with E-state index in [4.69, 9.17) is 14.2 Å². The van der Waals surface area contributed by atoms with Crippen molar-refractivity contribution in [3.63, 3.8) is 0 Å². The summed E-state index contributed by atoms with van der Waals surface area (Å²) in [6.07, 6.45) is 1.89. The third-order valence-corrected chi connectivity index (χ3v) is 4.34. The molecule has 0 radical (unpaired) electrons. The van der Waals surface area contributed by atoms with Crippen molar-refractivity contribution in [2.45, 2.75) is 18.9 Å². The van der Waals surface area contributed by atoms with E-state index in [1.54, 1.807) is 32.4 Å². The average Bonchev–Trinajstić information content (AvgIpc) is 2.68. The van der Waals surface area contributed by atoms with Crippen LogP contribution in [0, 0.1) is 0 Å². The zero-order valence-electron chi connectivity index (χ0n) is 14.6. The minimum absolute atomic E-state index is 0.0117. The lowest BCUT2D eigenvalue weighted by Crippen LogP contribution is -2.44. The first-order valence-corrected chi connectivity index (χ1v) is 8.44. The van der Waals surface area contributed by atoms with Gasteiger partial charge in [0.25, 0.3) is 5.91 Å². The van der Waals surface area contributed by atoms with E-state index in [0.29, 0.717) is 23.6 Å². The fraction of sp³-hybridized carbons (Fsp3) is 0.350. The summed E-state index contributed by atoms with van der Waals surface area (Å²) in [5.41, 5.74) is 0.595. The summed E-state index contributed by atoms with van der Waals surface area (Å²) in [4.78, 5) is 14.7. The number of para-hydroxylation sites is 1. The maximum Gasteiger partial charge on any atom is 0.254 e. The molecule has 1 amide bonds. The molecule has 0 aliphatic carbocycles. The second-order valence-electron chi connectivity index (χ2n) is 6.02. The monoisotopic (exact) mass is 341 g/mol. The van der Waals surface area contributed by atoms with Crippen LogP contribution in [0.3, 0.4) is 0 Å². The summed E-state index contributed by atoms with van der Waals surface area (Å²) in [6, 6.07) is 15.0. The number of methoxy groups -OCH3 is 2. The van der Waals surface area contributed by atoms with Gasteiger partial charge in [-0.05, 0) is 43.2 Å². The molecule has 3 rings (SSSR count).